The highest BCUT2D eigenvalue weighted by atomic mass is 16.5. The lowest BCUT2D eigenvalue weighted by atomic mass is 10.1. The van der Waals surface area contributed by atoms with Gasteiger partial charge in [-0.2, -0.15) is 0 Å². The fraction of sp³-hybridized carbons (Fsp3) is 0.250. The third-order valence-electron chi connectivity index (χ3n) is 4.34. The first kappa shape index (κ1) is 18.8. The Morgan fingerprint density at radius 3 is 2.44 bits per heavy atom. The predicted octanol–water partition coefficient (Wildman–Crippen LogP) is 5.50. The molecular formula is C24H27NO2. The summed E-state index contributed by atoms with van der Waals surface area (Å²) >= 11 is 0. The molecule has 0 aliphatic rings. The lowest BCUT2D eigenvalue weighted by Crippen LogP contribution is -2.12. The van der Waals surface area contributed by atoms with Crippen LogP contribution in [0.3, 0.4) is 0 Å². The Morgan fingerprint density at radius 2 is 1.59 bits per heavy atom. The van der Waals surface area contributed by atoms with Gasteiger partial charge >= 0.3 is 0 Å². The SMILES string of the molecule is Cc1ccccc1OCCNc1cccc(OCCCc2ccccc2)c1. The molecule has 0 aromatic heterocycles. The van der Waals surface area contributed by atoms with Crippen LogP contribution in [0, 0.1) is 6.92 Å². The summed E-state index contributed by atoms with van der Waals surface area (Å²) in [5, 5.41) is 3.39. The molecule has 140 valence electrons. The van der Waals surface area contributed by atoms with Gasteiger partial charge in [-0.1, -0.05) is 54.6 Å². The van der Waals surface area contributed by atoms with Gasteiger partial charge < -0.3 is 14.8 Å². The molecule has 0 fully saturated rings. The van der Waals surface area contributed by atoms with Crippen LogP contribution in [0.5, 0.6) is 11.5 Å². The van der Waals surface area contributed by atoms with Gasteiger partial charge in [0, 0.05) is 18.3 Å². The van der Waals surface area contributed by atoms with Crippen LogP contribution in [0.2, 0.25) is 0 Å². The Kier molecular flexibility index (Phi) is 7.16. The van der Waals surface area contributed by atoms with Crippen molar-refractivity contribution in [3.63, 3.8) is 0 Å². The molecule has 0 aliphatic heterocycles. The minimum absolute atomic E-state index is 0.618. The maximum atomic E-state index is 5.89. The molecule has 3 nitrogen and oxygen atoms in total. The van der Waals surface area contributed by atoms with Crippen molar-refractivity contribution < 1.29 is 9.47 Å². The lowest BCUT2D eigenvalue weighted by molar-refractivity contribution is 0.311. The molecule has 0 radical (unpaired) electrons. The minimum atomic E-state index is 0.618. The van der Waals surface area contributed by atoms with Gasteiger partial charge in [-0.05, 0) is 49.1 Å². The van der Waals surface area contributed by atoms with Crippen molar-refractivity contribution in [1.29, 1.82) is 0 Å². The molecule has 0 unspecified atom stereocenters. The molecular weight excluding hydrogens is 334 g/mol. The molecule has 3 aromatic carbocycles. The number of ether oxygens (including phenoxy) is 2. The highest BCUT2D eigenvalue weighted by Crippen LogP contribution is 2.18. The summed E-state index contributed by atoms with van der Waals surface area (Å²) in [6.07, 6.45) is 2.04. The number of nitrogens with one attached hydrogen (secondary N) is 1. The van der Waals surface area contributed by atoms with Crippen molar-refractivity contribution in [3.8, 4) is 11.5 Å². The quantitative estimate of drug-likeness (QED) is 0.484. The molecule has 0 bridgehead atoms. The molecule has 0 atom stereocenters. The highest BCUT2D eigenvalue weighted by molar-refractivity contribution is 5.48. The highest BCUT2D eigenvalue weighted by Gasteiger charge is 2.00. The third kappa shape index (κ3) is 6.37. The fourth-order valence-electron chi connectivity index (χ4n) is 2.88. The number of rotatable bonds is 10. The first-order valence-corrected chi connectivity index (χ1v) is 9.50. The summed E-state index contributed by atoms with van der Waals surface area (Å²) in [4.78, 5) is 0. The van der Waals surface area contributed by atoms with Crippen LogP contribution in [0.4, 0.5) is 5.69 Å². The van der Waals surface area contributed by atoms with Gasteiger partial charge in [0.05, 0.1) is 6.61 Å². The molecule has 3 rings (SSSR count). The van der Waals surface area contributed by atoms with Gasteiger partial charge in [0.15, 0.2) is 0 Å². The second-order valence-corrected chi connectivity index (χ2v) is 6.51. The van der Waals surface area contributed by atoms with E-state index in [0.717, 1.165) is 48.7 Å². The van der Waals surface area contributed by atoms with E-state index in [4.69, 9.17) is 9.47 Å². The van der Waals surface area contributed by atoms with E-state index in [1.54, 1.807) is 0 Å². The minimum Gasteiger partial charge on any atom is -0.494 e. The average molecular weight is 361 g/mol. The Balaban J connectivity index is 1.37. The Morgan fingerprint density at radius 1 is 0.778 bits per heavy atom. The zero-order chi connectivity index (χ0) is 18.7. The fourth-order valence-corrected chi connectivity index (χ4v) is 2.88. The molecule has 3 aromatic rings. The van der Waals surface area contributed by atoms with Gasteiger partial charge in [0.1, 0.15) is 18.1 Å². The van der Waals surface area contributed by atoms with Crippen LogP contribution >= 0.6 is 0 Å². The summed E-state index contributed by atoms with van der Waals surface area (Å²) in [6.45, 7) is 4.13. The summed E-state index contributed by atoms with van der Waals surface area (Å²) in [5.41, 5.74) is 3.55. The van der Waals surface area contributed by atoms with E-state index in [-0.39, 0.29) is 0 Å². The molecule has 1 N–H and O–H groups in total. The van der Waals surface area contributed by atoms with Gasteiger partial charge in [-0.15, -0.1) is 0 Å². The smallest absolute Gasteiger partial charge is 0.122 e. The monoisotopic (exact) mass is 361 g/mol. The second-order valence-electron chi connectivity index (χ2n) is 6.51. The van der Waals surface area contributed by atoms with E-state index in [1.807, 2.05) is 48.5 Å². The van der Waals surface area contributed by atoms with Crippen LogP contribution in [0.25, 0.3) is 0 Å². The first-order valence-electron chi connectivity index (χ1n) is 9.50. The van der Waals surface area contributed by atoms with Crippen molar-refractivity contribution in [3.05, 3.63) is 90.0 Å². The standard InChI is InChI=1S/C24H27NO2/c1-20-9-5-6-15-24(20)27-18-16-25-22-13-7-14-23(19-22)26-17-8-12-21-10-3-2-4-11-21/h2-7,9-11,13-15,19,25H,8,12,16-18H2,1H3. The van der Waals surface area contributed by atoms with E-state index in [0.29, 0.717) is 6.61 Å². The van der Waals surface area contributed by atoms with Crippen LogP contribution in [0.15, 0.2) is 78.9 Å². The zero-order valence-electron chi connectivity index (χ0n) is 15.9. The molecule has 0 aliphatic carbocycles. The number of aryl methyl sites for hydroxylation is 2. The molecule has 0 saturated carbocycles. The summed E-state index contributed by atoms with van der Waals surface area (Å²) in [7, 11) is 0. The van der Waals surface area contributed by atoms with Crippen molar-refractivity contribution >= 4 is 5.69 Å². The number of hydrogen-bond donors (Lipinski definition) is 1. The third-order valence-corrected chi connectivity index (χ3v) is 4.34. The van der Waals surface area contributed by atoms with Crippen molar-refractivity contribution in [2.75, 3.05) is 25.1 Å². The van der Waals surface area contributed by atoms with Gasteiger partial charge in [0.25, 0.3) is 0 Å². The molecule has 0 saturated heterocycles. The van der Waals surface area contributed by atoms with Crippen LogP contribution in [-0.4, -0.2) is 19.8 Å². The number of hydrogen-bond acceptors (Lipinski definition) is 3. The summed E-state index contributed by atoms with van der Waals surface area (Å²) in [5.74, 6) is 1.84. The van der Waals surface area contributed by atoms with E-state index >= 15 is 0 Å². The number of para-hydroxylation sites is 1. The van der Waals surface area contributed by atoms with E-state index in [9.17, 15) is 0 Å². The largest absolute Gasteiger partial charge is 0.494 e. The Labute approximate surface area is 162 Å². The maximum Gasteiger partial charge on any atom is 0.122 e. The predicted molar refractivity (Wildman–Crippen MR) is 112 cm³/mol. The van der Waals surface area contributed by atoms with Crippen LogP contribution < -0.4 is 14.8 Å². The molecule has 27 heavy (non-hydrogen) atoms. The lowest BCUT2D eigenvalue weighted by Gasteiger charge is -2.12. The zero-order valence-corrected chi connectivity index (χ0v) is 15.9. The summed E-state index contributed by atoms with van der Waals surface area (Å²) in [6, 6.07) is 26.7. The molecule has 0 heterocycles. The van der Waals surface area contributed by atoms with Gasteiger partial charge in [-0.3, -0.25) is 0 Å². The molecule has 0 spiro atoms. The number of benzene rings is 3. The average Bonchev–Trinajstić information content (AvgIpc) is 2.71. The van der Waals surface area contributed by atoms with Crippen LogP contribution in [0.1, 0.15) is 17.5 Å². The molecule has 0 amide bonds. The number of anilines is 1. The van der Waals surface area contributed by atoms with E-state index in [1.165, 1.54) is 5.56 Å². The van der Waals surface area contributed by atoms with E-state index in [2.05, 4.69) is 42.6 Å². The van der Waals surface area contributed by atoms with Crippen molar-refractivity contribution in [1.82, 2.24) is 0 Å². The van der Waals surface area contributed by atoms with Crippen LogP contribution in [-0.2, 0) is 6.42 Å². The summed E-state index contributed by atoms with van der Waals surface area (Å²) < 4.78 is 11.7. The topological polar surface area (TPSA) is 30.5 Å². The normalized spacial score (nSPS) is 10.4. The maximum absolute atomic E-state index is 5.89. The van der Waals surface area contributed by atoms with Crippen molar-refractivity contribution in [2.24, 2.45) is 0 Å². The van der Waals surface area contributed by atoms with Gasteiger partial charge in [0.2, 0.25) is 0 Å². The van der Waals surface area contributed by atoms with Crippen molar-refractivity contribution in [2.45, 2.75) is 19.8 Å². The van der Waals surface area contributed by atoms with E-state index < -0.39 is 0 Å². The Hall–Kier alpha value is -2.94. The molecule has 3 heteroatoms. The van der Waals surface area contributed by atoms with Gasteiger partial charge in [-0.25, -0.2) is 0 Å². The Bertz CT molecular complexity index is 817. The second kappa shape index (κ2) is 10.3. The first-order chi connectivity index (χ1) is 13.3.